The van der Waals surface area contributed by atoms with E-state index in [9.17, 15) is 0 Å². The van der Waals surface area contributed by atoms with Crippen molar-refractivity contribution in [3.8, 4) is 0 Å². The monoisotopic (exact) mass is 268 g/mol. The van der Waals surface area contributed by atoms with Crippen LogP contribution in [0.15, 0.2) is 0 Å². The molecule has 0 spiro atoms. The lowest BCUT2D eigenvalue weighted by Gasteiger charge is -2.34. The molecule has 0 heteroatoms. The second-order valence-corrected chi connectivity index (χ2v) is 7.37. The molecular formula is C19H40. The molecule has 0 fully saturated rings. The average Bonchev–Trinajstić information content (AvgIpc) is 2.35. The van der Waals surface area contributed by atoms with Crippen LogP contribution in [0.25, 0.3) is 0 Å². The Morgan fingerprint density at radius 1 is 0.737 bits per heavy atom. The number of hydrogen-bond acceptors (Lipinski definition) is 0. The first-order valence-corrected chi connectivity index (χ1v) is 8.93. The van der Waals surface area contributed by atoms with Crippen molar-refractivity contribution in [2.45, 2.75) is 93.4 Å². The molecule has 0 aliphatic carbocycles. The van der Waals surface area contributed by atoms with Gasteiger partial charge in [-0.25, -0.2) is 0 Å². The summed E-state index contributed by atoms with van der Waals surface area (Å²) in [6.07, 6.45) is 9.80. The summed E-state index contributed by atoms with van der Waals surface area (Å²) in [7, 11) is 0. The summed E-state index contributed by atoms with van der Waals surface area (Å²) in [5.41, 5.74) is 0. The maximum atomic E-state index is 2.51. The number of rotatable bonds is 11. The normalized spacial score (nSPS) is 18.3. The van der Waals surface area contributed by atoms with Crippen molar-refractivity contribution < 1.29 is 0 Å². The molecule has 0 rings (SSSR count). The van der Waals surface area contributed by atoms with Gasteiger partial charge < -0.3 is 0 Å². The van der Waals surface area contributed by atoms with E-state index in [0.29, 0.717) is 0 Å². The number of hydrogen-bond donors (Lipinski definition) is 0. The van der Waals surface area contributed by atoms with Crippen molar-refractivity contribution in [1.82, 2.24) is 0 Å². The first kappa shape index (κ1) is 19.0. The van der Waals surface area contributed by atoms with Crippen molar-refractivity contribution in [3.63, 3.8) is 0 Å². The molecule has 0 aliphatic rings. The molecule has 0 nitrogen and oxygen atoms in total. The highest BCUT2D eigenvalue weighted by molar-refractivity contribution is 4.76. The summed E-state index contributed by atoms with van der Waals surface area (Å²) < 4.78 is 0. The summed E-state index contributed by atoms with van der Waals surface area (Å²) >= 11 is 0. The lowest BCUT2D eigenvalue weighted by molar-refractivity contribution is 0.161. The second-order valence-electron chi connectivity index (χ2n) is 7.37. The van der Waals surface area contributed by atoms with E-state index in [1.54, 1.807) is 0 Å². The molecule has 0 aliphatic heterocycles. The molecule has 116 valence electrons. The van der Waals surface area contributed by atoms with E-state index >= 15 is 0 Å². The van der Waals surface area contributed by atoms with E-state index in [1.165, 1.54) is 44.9 Å². The summed E-state index contributed by atoms with van der Waals surface area (Å²) in [6.45, 7) is 16.9. The van der Waals surface area contributed by atoms with Crippen LogP contribution >= 0.6 is 0 Å². The molecule has 19 heavy (non-hydrogen) atoms. The molecule has 0 amide bonds. The van der Waals surface area contributed by atoms with Crippen LogP contribution in [-0.4, -0.2) is 0 Å². The van der Waals surface area contributed by atoms with E-state index in [1.807, 2.05) is 0 Å². The number of unbranched alkanes of at least 4 members (excludes halogenated alkanes) is 2. The van der Waals surface area contributed by atoms with Gasteiger partial charge in [0.25, 0.3) is 0 Å². The fourth-order valence-electron chi connectivity index (χ4n) is 3.57. The minimum Gasteiger partial charge on any atom is -0.0654 e. The van der Waals surface area contributed by atoms with Gasteiger partial charge in [-0.15, -0.1) is 0 Å². The maximum Gasteiger partial charge on any atom is -0.0360 e. The topological polar surface area (TPSA) is 0 Å². The third kappa shape index (κ3) is 8.00. The molecule has 4 atom stereocenters. The molecule has 0 aromatic heterocycles. The van der Waals surface area contributed by atoms with Crippen LogP contribution in [-0.2, 0) is 0 Å². The van der Waals surface area contributed by atoms with Crippen LogP contribution in [0.5, 0.6) is 0 Å². The highest BCUT2D eigenvalue weighted by atomic mass is 14.3. The molecule has 0 heterocycles. The maximum absolute atomic E-state index is 2.51. The Balaban J connectivity index is 4.34. The van der Waals surface area contributed by atoms with Gasteiger partial charge in [-0.1, -0.05) is 87.0 Å². The van der Waals surface area contributed by atoms with Gasteiger partial charge in [0.2, 0.25) is 0 Å². The smallest absolute Gasteiger partial charge is 0.0360 e. The summed E-state index contributed by atoms with van der Waals surface area (Å²) in [5.74, 6) is 4.44. The van der Waals surface area contributed by atoms with Crippen LogP contribution in [0.3, 0.4) is 0 Å². The molecule has 0 radical (unpaired) electrons. The van der Waals surface area contributed by atoms with Gasteiger partial charge in [0.15, 0.2) is 0 Å². The Bertz CT molecular complexity index is 194. The van der Waals surface area contributed by atoms with Gasteiger partial charge in [0.1, 0.15) is 0 Å². The minimum absolute atomic E-state index is 0.836. The van der Waals surface area contributed by atoms with E-state index in [4.69, 9.17) is 0 Å². The van der Waals surface area contributed by atoms with Crippen molar-refractivity contribution in [2.75, 3.05) is 0 Å². The van der Waals surface area contributed by atoms with Crippen LogP contribution in [0.2, 0.25) is 0 Å². The van der Waals surface area contributed by atoms with Crippen molar-refractivity contribution in [3.05, 3.63) is 0 Å². The van der Waals surface area contributed by atoms with Gasteiger partial charge in [-0.2, -0.15) is 0 Å². The summed E-state index contributed by atoms with van der Waals surface area (Å²) in [4.78, 5) is 0. The third-order valence-corrected chi connectivity index (χ3v) is 5.15. The molecule has 4 unspecified atom stereocenters. The average molecular weight is 269 g/mol. The minimum atomic E-state index is 0.836. The highest BCUT2D eigenvalue weighted by Gasteiger charge is 2.26. The Kier molecular flexibility index (Phi) is 10.7. The SMILES string of the molecule is CCCCCC(C)C(C)C(CC(C)CCC)C(C)C. The van der Waals surface area contributed by atoms with E-state index < -0.39 is 0 Å². The third-order valence-electron chi connectivity index (χ3n) is 5.15. The Hall–Kier alpha value is 0. The zero-order chi connectivity index (χ0) is 14.8. The van der Waals surface area contributed by atoms with Crippen LogP contribution in [0.4, 0.5) is 0 Å². The van der Waals surface area contributed by atoms with Crippen LogP contribution in [0, 0.1) is 29.6 Å². The first-order chi connectivity index (χ1) is 8.93. The van der Waals surface area contributed by atoms with Gasteiger partial charge in [0.05, 0.1) is 0 Å². The zero-order valence-electron chi connectivity index (χ0n) is 14.8. The lowest BCUT2D eigenvalue weighted by atomic mass is 9.72. The summed E-state index contributed by atoms with van der Waals surface area (Å²) in [5, 5.41) is 0. The van der Waals surface area contributed by atoms with E-state index in [-0.39, 0.29) is 0 Å². The van der Waals surface area contributed by atoms with Crippen LogP contribution < -0.4 is 0 Å². The highest BCUT2D eigenvalue weighted by Crippen LogP contribution is 2.35. The summed E-state index contributed by atoms with van der Waals surface area (Å²) in [6, 6.07) is 0. The molecular weight excluding hydrogens is 228 g/mol. The zero-order valence-corrected chi connectivity index (χ0v) is 14.8. The van der Waals surface area contributed by atoms with Crippen molar-refractivity contribution >= 4 is 0 Å². The molecule has 0 bridgehead atoms. The van der Waals surface area contributed by atoms with Crippen LogP contribution in [0.1, 0.15) is 93.4 Å². The molecule has 0 aromatic carbocycles. The molecule has 0 saturated carbocycles. The molecule has 0 N–H and O–H groups in total. The van der Waals surface area contributed by atoms with Gasteiger partial charge >= 0.3 is 0 Å². The Morgan fingerprint density at radius 2 is 1.37 bits per heavy atom. The quantitative estimate of drug-likeness (QED) is 0.356. The standard InChI is InChI=1S/C19H40/c1-8-10-11-13-17(6)18(7)19(15(3)4)14-16(5)12-9-2/h15-19H,8-14H2,1-7H3. The molecule has 0 aromatic rings. The van der Waals surface area contributed by atoms with Gasteiger partial charge in [-0.05, 0) is 36.0 Å². The fourth-order valence-corrected chi connectivity index (χ4v) is 3.57. The Labute approximate surface area is 123 Å². The lowest BCUT2D eigenvalue weighted by Crippen LogP contribution is -2.25. The van der Waals surface area contributed by atoms with Crippen molar-refractivity contribution in [1.29, 1.82) is 0 Å². The van der Waals surface area contributed by atoms with Gasteiger partial charge in [-0.3, -0.25) is 0 Å². The van der Waals surface area contributed by atoms with Gasteiger partial charge in [0, 0.05) is 0 Å². The first-order valence-electron chi connectivity index (χ1n) is 8.93. The van der Waals surface area contributed by atoms with E-state index in [2.05, 4.69) is 48.5 Å². The molecule has 0 saturated heterocycles. The largest absolute Gasteiger partial charge is 0.0654 e. The predicted octanol–water partition coefficient (Wildman–Crippen LogP) is 6.94. The van der Waals surface area contributed by atoms with E-state index in [0.717, 1.165) is 29.6 Å². The van der Waals surface area contributed by atoms with Crippen molar-refractivity contribution in [2.24, 2.45) is 29.6 Å². The fraction of sp³-hybridized carbons (Fsp3) is 1.00. The second kappa shape index (κ2) is 10.7. The predicted molar refractivity (Wildman–Crippen MR) is 89.5 cm³/mol. The Morgan fingerprint density at radius 3 is 1.84 bits per heavy atom.